The highest BCUT2D eigenvalue weighted by Crippen LogP contribution is 2.34. The van der Waals surface area contributed by atoms with E-state index in [1.807, 2.05) is 0 Å². The summed E-state index contributed by atoms with van der Waals surface area (Å²) in [7, 11) is 0. The molecule has 1 atom stereocenters. The summed E-state index contributed by atoms with van der Waals surface area (Å²) in [4.78, 5) is 2.50. The number of likely N-dealkylation sites (tertiary alicyclic amines) is 1. The second-order valence-electron chi connectivity index (χ2n) is 7.91. The van der Waals surface area contributed by atoms with E-state index in [-0.39, 0.29) is 6.10 Å². The van der Waals surface area contributed by atoms with Crippen molar-refractivity contribution in [2.24, 2.45) is 17.3 Å². The van der Waals surface area contributed by atoms with Gasteiger partial charge in [-0.05, 0) is 56.0 Å². The second kappa shape index (κ2) is 6.58. The lowest BCUT2D eigenvalue weighted by Crippen LogP contribution is -2.43. The van der Waals surface area contributed by atoms with Crippen LogP contribution in [0.1, 0.15) is 65.7 Å². The molecule has 0 aromatic carbocycles. The first-order valence-corrected chi connectivity index (χ1v) is 8.37. The molecule has 1 aliphatic carbocycles. The van der Waals surface area contributed by atoms with Gasteiger partial charge >= 0.3 is 0 Å². The van der Waals surface area contributed by atoms with E-state index in [4.69, 9.17) is 0 Å². The van der Waals surface area contributed by atoms with Gasteiger partial charge in [-0.2, -0.15) is 0 Å². The van der Waals surface area contributed by atoms with Crippen LogP contribution in [0.2, 0.25) is 0 Å². The van der Waals surface area contributed by atoms with Gasteiger partial charge in [0.15, 0.2) is 0 Å². The number of aliphatic hydroxyl groups is 1. The van der Waals surface area contributed by atoms with Gasteiger partial charge in [0.05, 0.1) is 6.10 Å². The van der Waals surface area contributed by atoms with Crippen molar-refractivity contribution in [3.8, 4) is 0 Å². The van der Waals surface area contributed by atoms with Crippen LogP contribution in [0.5, 0.6) is 0 Å². The Morgan fingerprint density at radius 2 is 1.58 bits per heavy atom. The highest BCUT2D eigenvalue weighted by Gasteiger charge is 2.30. The van der Waals surface area contributed by atoms with Gasteiger partial charge in [-0.15, -0.1) is 0 Å². The Morgan fingerprint density at radius 3 is 2.11 bits per heavy atom. The van der Waals surface area contributed by atoms with Crippen LogP contribution >= 0.6 is 0 Å². The average molecular weight is 267 g/mol. The maximum Gasteiger partial charge on any atom is 0.0695 e. The molecule has 1 aliphatic heterocycles. The molecular weight excluding hydrogens is 234 g/mol. The Morgan fingerprint density at radius 1 is 1.00 bits per heavy atom. The summed E-state index contributed by atoms with van der Waals surface area (Å²) in [5.74, 6) is 1.43. The molecule has 0 bridgehead atoms. The van der Waals surface area contributed by atoms with Gasteiger partial charge in [0.1, 0.15) is 0 Å². The number of hydrogen-bond acceptors (Lipinski definition) is 2. The molecule has 0 aromatic heterocycles. The Hall–Kier alpha value is -0.0800. The lowest BCUT2D eigenvalue weighted by Gasteiger charge is -2.40. The van der Waals surface area contributed by atoms with Crippen molar-refractivity contribution < 1.29 is 5.11 Å². The lowest BCUT2D eigenvalue weighted by atomic mass is 9.75. The standard InChI is InChI=1S/C17H33NO/c1-17(2,3)15-9-11-18(12-10-15)13-16(19)14-7-5-4-6-8-14/h14-16,19H,4-13H2,1-3H3. The molecule has 2 heteroatoms. The molecule has 19 heavy (non-hydrogen) atoms. The Labute approximate surface area is 119 Å². The van der Waals surface area contributed by atoms with Crippen molar-refractivity contribution in [3.63, 3.8) is 0 Å². The van der Waals surface area contributed by atoms with E-state index in [1.165, 1.54) is 58.0 Å². The van der Waals surface area contributed by atoms with Crippen LogP contribution in [0.15, 0.2) is 0 Å². The predicted molar refractivity (Wildman–Crippen MR) is 81.2 cm³/mol. The van der Waals surface area contributed by atoms with E-state index in [2.05, 4.69) is 25.7 Å². The van der Waals surface area contributed by atoms with E-state index in [0.717, 1.165) is 12.5 Å². The third-order valence-corrected chi connectivity index (χ3v) is 5.45. The minimum absolute atomic E-state index is 0.0773. The zero-order chi connectivity index (χ0) is 13.9. The normalized spacial score (nSPS) is 26.5. The van der Waals surface area contributed by atoms with Crippen LogP contribution in [-0.2, 0) is 0 Å². The highest BCUT2D eigenvalue weighted by molar-refractivity contribution is 4.83. The first-order valence-electron chi connectivity index (χ1n) is 8.37. The summed E-state index contributed by atoms with van der Waals surface area (Å²) >= 11 is 0. The first kappa shape index (κ1) is 15.3. The molecule has 2 fully saturated rings. The van der Waals surface area contributed by atoms with Gasteiger partial charge in [-0.3, -0.25) is 0 Å². The topological polar surface area (TPSA) is 23.5 Å². The zero-order valence-corrected chi connectivity index (χ0v) is 13.2. The fraction of sp³-hybridized carbons (Fsp3) is 1.00. The van der Waals surface area contributed by atoms with E-state index in [0.29, 0.717) is 11.3 Å². The fourth-order valence-corrected chi connectivity index (χ4v) is 3.91. The van der Waals surface area contributed by atoms with Crippen molar-refractivity contribution in [1.82, 2.24) is 4.90 Å². The number of hydrogen-bond donors (Lipinski definition) is 1. The average Bonchev–Trinajstić information content (AvgIpc) is 2.39. The Bertz CT molecular complexity index is 257. The summed E-state index contributed by atoms with van der Waals surface area (Å²) < 4.78 is 0. The number of nitrogens with zero attached hydrogens (tertiary/aromatic N) is 1. The monoisotopic (exact) mass is 267 g/mol. The molecule has 1 saturated carbocycles. The summed E-state index contributed by atoms with van der Waals surface area (Å²) in [5.41, 5.74) is 0.452. The van der Waals surface area contributed by atoms with Crippen molar-refractivity contribution in [3.05, 3.63) is 0 Å². The highest BCUT2D eigenvalue weighted by atomic mass is 16.3. The molecule has 1 saturated heterocycles. The van der Waals surface area contributed by atoms with Crippen molar-refractivity contribution >= 4 is 0 Å². The molecule has 2 aliphatic rings. The van der Waals surface area contributed by atoms with Gasteiger partial charge in [0.2, 0.25) is 0 Å². The van der Waals surface area contributed by atoms with Crippen LogP contribution in [0.3, 0.4) is 0 Å². The van der Waals surface area contributed by atoms with Gasteiger partial charge in [-0.1, -0.05) is 40.0 Å². The predicted octanol–water partition coefficient (Wildman–Crippen LogP) is 3.69. The third-order valence-electron chi connectivity index (χ3n) is 5.45. The summed E-state index contributed by atoms with van der Waals surface area (Å²) in [6.45, 7) is 10.4. The van der Waals surface area contributed by atoms with Crippen molar-refractivity contribution in [1.29, 1.82) is 0 Å². The van der Waals surface area contributed by atoms with Gasteiger partial charge in [-0.25, -0.2) is 0 Å². The van der Waals surface area contributed by atoms with Crippen molar-refractivity contribution in [2.75, 3.05) is 19.6 Å². The molecule has 0 spiro atoms. The van der Waals surface area contributed by atoms with Crippen LogP contribution < -0.4 is 0 Å². The lowest BCUT2D eigenvalue weighted by molar-refractivity contribution is 0.0266. The maximum atomic E-state index is 10.4. The zero-order valence-electron chi connectivity index (χ0n) is 13.2. The van der Waals surface area contributed by atoms with Crippen LogP contribution in [0.25, 0.3) is 0 Å². The molecule has 1 heterocycles. The molecule has 1 unspecified atom stereocenters. The number of aliphatic hydroxyl groups excluding tert-OH is 1. The Balaban J connectivity index is 1.73. The van der Waals surface area contributed by atoms with Gasteiger partial charge in [0, 0.05) is 6.54 Å². The van der Waals surface area contributed by atoms with Crippen LogP contribution in [0.4, 0.5) is 0 Å². The minimum atomic E-state index is -0.0773. The summed E-state index contributed by atoms with van der Waals surface area (Å²) in [5, 5.41) is 10.4. The van der Waals surface area contributed by atoms with Crippen LogP contribution in [0, 0.1) is 17.3 Å². The molecule has 1 N–H and O–H groups in total. The SMILES string of the molecule is CC(C)(C)C1CCN(CC(O)C2CCCCC2)CC1. The molecule has 112 valence electrons. The molecule has 0 aromatic rings. The summed E-state index contributed by atoms with van der Waals surface area (Å²) in [6.07, 6.45) is 9.06. The van der Waals surface area contributed by atoms with Crippen molar-refractivity contribution in [2.45, 2.75) is 71.8 Å². The molecular formula is C17H33NO. The van der Waals surface area contributed by atoms with E-state index < -0.39 is 0 Å². The third kappa shape index (κ3) is 4.46. The van der Waals surface area contributed by atoms with Gasteiger partial charge < -0.3 is 10.0 Å². The minimum Gasteiger partial charge on any atom is -0.392 e. The quantitative estimate of drug-likeness (QED) is 0.843. The molecule has 0 radical (unpaired) electrons. The fourth-order valence-electron chi connectivity index (χ4n) is 3.91. The second-order valence-corrected chi connectivity index (χ2v) is 7.91. The first-order chi connectivity index (χ1) is 8.97. The smallest absolute Gasteiger partial charge is 0.0695 e. The largest absolute Gasteiger partial charge is 0.392 e. The molecule has 0 amide bonds. The van der Waals surface area contributed by atoms with Gasteiger partial charge in [0.25, 0.3) is 0 Å². The van der Waals surface area contributed by atoms with Crippen LogP contribution in [-0.4, -0.2) is 35.7 Å². The number of rotatable bonds is 3. The number of β-amino-alcohol motifs (C(OH)–C–C–N with tert-alkyl or cyclic N) is 1. The maximum absolute atomic E-state index is 10.4. The summed E-state index contributed by atoms with van der Waals surface area (Å²) in [6, 6.07) is 0. The molecule has 2 rings (SSSR count). The van der Waals surface area contributed by atoms with E-state index in [1.54, 1.807) is 0 Å². The molecule has 2 nitrogen and oxygen atoms in total. The van der Waals surface area contributed by atoms with E-state index in [9.17, 15) is 5.11 Å². The number of piperidine rings is 1. The Kier molecular flexibility index (Phi) is 5.30. The van der Waals surface area contributed by atoms with E-state index >= 15 is 0 Å².